The highest BCUT2D eigenvalue weighted by atomic mass is 35.5. The Morgan fingerprint density at radius 2 is 2.25 bits per heavy atom. The number of carbonyl (C=O) groups excluding carboxylic acids is 1. The van der Waals surface area contributed by atoms with E-state index in [1.54, 1.807) is 6.20 Å². The Morgan fingerprint density at radius 3 is 2.92 bits per heavy atom. The van der Waals surface area contributed by atoms with E-state index in [1.807, 2.05) is 29.0 Å². The van der Waals surface area contributed by atoms with Crippen LogP contribution in [0.4, 0.5) is 0 Å². The fourth-order valence-corrected chi connectivity index (χ4v) is 3.88. The Bertz CT molecular complexity index is 593. The van der Waals surface area contributed by atoms with Crippen LogP contribution < -0.4 is 0 Å². The second-order valence-corrected chi connectivity index (χ2v) is 7.67. The second-order valence-electron chi connectivity index (χ2n) is 7.31. The monoisotopic (exact) mass is 351 g/mol. The molecule has 1 aromatic rings. The van der Waals surface area contributed by atoms with Crippen LogP contribution in [0.1, 0.15) is 37.7 Å². The van der Waals surface area contributed by atoms with Gasteiger partial charge in [-0.3, -0.25) is 9.69 Å². The first-order valence-corrected chi connectivity index (χ1v) is 9.15. The van der Waals surface area contributed by atoms with Crippen molar-refractivity contribution in [2.45, 2.75) is 44.2 Å². The van der Waals surface area contributed by atoms with E-state index in [0.717, 1.165) is 25.1 Å². The third-order valence-electron chi connectivity index (χ3n) is 5.22. The third kappa shape index (κ3) is 3.90. The minimum Gasteiger partial charge on any atom is -0.379 e. The van der Waals surface area contributed by atoms with Gasteiger partial charge in [-0.15, -0.1) is 0 Å². The first-order valence-electron chi connectivity index (χ1n) is 8.77. The maximum absolute atomic E-state index is 12.8. The van der Waals surface area contributed by atoms with Crippen LogP contribution >= 0.6 is 11.6 Å². The molecule has 6 heteroatoms. The molecule has 1 aliphatic carbocycles. The molecule has 2 fully saturated rings. The topological polar surface area (TPSA) is 56.7 Å². The highest BCUT2D eigenvalue weighted by molar-refractivity contribution is 6.30. The summed E-state index contributed by atoms with van der Waals surface area (Å²) in [6.07, 6.45) is 6.73. The van der Waals surface area contributed by atoms with Crippen LogP contribution in [0.2, 0.25) is 5.15 Å². The van der Waals surface area contributed by atoms with Crippen LogP contribution in [0.5, 0.6) is 0 Å². The first-order chi connectivity index (χ1) is 11.5. The maximum atomic E-state index is 12.8. The van der Waals surface area contributed by atoms with Gasteiger partial charge in [-0.2, -0.15) is 0 Å². The van der Waals surface area contributed by atoms with E-state index < -0.39 is 5.60 Å². The Morgan fingerprint density at radius 1 is 1.46 bits per heavy atom. The molecule has 1 N–H and O–H groups in total. The van der Waals surface area contributed by atoms with E-state index in [1.165, 1.54) is 19.3 Å². The number of amides is 1. The highest BCUT2D eigenvalue weighted by Gasteiger charge is 2.43. The lowest BCUT2D eigenvalue weighted by molar-refractivity contribution is -0.160. The van der Waals surface area contributed by atoms with Crippen molar-refractivity contribution >= 4 is 17.5 Å². The van der Waals surface area contributed by atoms with E-state index in [4.69, 9.17) is 11.6 Å². The summed E-state index contributed by atoms with van der Waals surface area (Å²) in [6.45, 7) is 2.46. The molecule has 0 unspecified atom stereocenters. The number of likely N-dealkylation sites (N-methyl/N-ethyl adjacent to an activating group) is 1. The second kappa shape index (κ2) is 7.38. The number of likely N-dealkylation sites (tertiary alicyclic amines) is 1. The van der Waals surface area contributed by atoms with E-state index >= 15 is 0 Å². The zero-order valence-corrected chi connectivity index (χ0v) is 15.0. The van der Waals surface area contributed by atoms with Gasteiger partial charge in [-0.25, -0.2) is 4.98 Å². The average molecular weight is 352 g/mol. The molecular formula is C18H26ClN3O2. The lowest BCUT2D eigenvalue weighted by Gasteiger charge is -2.42. The Kier molecular flexibility index (Phi) is 5.42. The largest absolute Gasteiger partial charge is 0.379 e. The fraction of sp³-hybridized carbons (Fsp3) is 0.667. The summed E-state index contributed by atoms with van der Waals surface area (Å²) in [5, 5.41) is 11.4. The van der Waals surface area contributed by atoms with E-state index in [2.05, 4.69) is 4.98 Å². The number of aliphatic hydroxyl groups is 1. The van der Waals surface area contributed by atoms with Gasteiger partial charge in [0.1, 0.15) is 5.15 Å². The quantitative estimate of drug-likeness (QED) is 0.799. The van der Waals surface area contributed by atoms with Gasteiger partial charge in [0.25, 0.3) is 5.91 Å². The normalized spacial score (nSPS) is 25.2. The van der Waals surface area contributed by atoms with Crippen molar-refractivity contribution in [1.29, 1.82) is 0 Å². The van der Waals surface area contributed by atoms with Gasteiger partial charge in [-0.1, -0.05) is 24.1 Å². The summed E-state index contributed by atoms with van der Waals surface area (Å²) in [5.41, 5.74) is -0.384. The molecule has 24 heavy (non-hydrogen) atoms. The summed E-state index contributed by atoms with van der Waals surface area (Å²) in [4.78, 5) is 20.7. The molecule has 2 aliphatic rings. The molecule has 0 aromatic carbocycles. The van der Waals surface area contributed by atoms with Crippen molar-refractivity contribution in [3.8, 4) is 0 Å². The lowest BCUT2D eigenvalue weighted by Crippen LogP contribution is -2.59. The van der Waals surface area contributed by atoms with Crippen molar-refractivity contribution in [2.75, 3.05) is 26.7 Å². The van der Waals surface area contributed by atoms with Crippen molar-refractivity contribution < 1.29 is 9.90 Å². The van der Waals surface area contributed by atoms with Crippen molar-refractivity contribution in [2.24, 2.45) is 5.92 Å². The summed E-state index contributed by atoms with van der Waals surface area (Å²) in [5.74, 6) is 0.521. The predicted molar refractivity (Wildman–Crippen MR) is 93.7 cm³/mol. The number of aromatic nitrogens is 1. The van der Waals surface area contributed by atoms with Crippen LogP contribution in [-0.2, 0) is 11.3 Å². The van der Waals surface area contributed by atoms with Crippen molar-refractivity contribution in [1.82, 2.24) is 14.8 Å². The molecule has 1 atom stereocenters. The summed E-state index contributed by atoms with van der Waals surface area (Å²) in [6, 6.07) is 3.76. The molecule has 0 bridgehead atoms. The van der Waals surface area contributed by atoms with Crippen LogP contribution in [0, 0.1) is 5.92 Å². The summed E-state index contributed by atoms with van der Waals surface area (Å²) >= 11 is 6.10. The molecule has 1 aromatic heterocycles. The van der Waals surface area contributed by atoms with Crippen LogP contribution in [0.15, 0.2) is 18.3 Å². The van der Waals surface area contributed by atoms with Crippen LogP contribution in [0.25, 0.3) is 0 Å². The molecule has 1 aliphatic heterocycles. The molecule has 1 amide bonds. The minimum absolute atomic E-state index is 0.107. The fourth-order valence-electron chi connectivity index (χ4n) is 3.70. The SMILES string of the molecule is CN(Cc1cccnc1Cl)C[C@@]1(O)CCCN(CC2CCC2)C1=O. The van der Waals surface area contributed by atoms with Crippen LogP contribution in [-0.4, -0.2) is 58.1 Å². The molecule has 1 saturated heterocycles. The molecule has 0 spiro atoms. The standard InChI is InChI=1S/C18H26ClN3O2/c1-21(12-15-7-3-9-20-16(15)19)13-18(24)8-4-10-22(17(18)23)11-14-5-2-6-14/h3,7,9,14,24H,2,4-6,8,10-13H2,1H3/t18-/m0/s1. The number of pyridine rings is 1. The van der Waals surface area contributed by atoms with E-state index in [9.17, 15) is 9.90 Å². The molecule has 2 heterocycles. The minimum atomic E-state index is -1.29. The molecule has 0 radical (unpaired) electrons. The number of piperidine rings is 1. The number of hydrogen-bond acceptors (Lipinski definition) is 4. The van der Waals surface area contributed by atoms with Gasteiger partial charge in [0.05, 0.1) is 0 Å². The molecule has 3 rings (SSSR count). The van der Waals surface area contributed by atoms with E-state index in [-0.39, 0.29) is 5.91 Å². The van der Waals surface area contributed by atoms with Crippen molar-refractivity contribution in [3.63, 3.8) is 0 Å². The van der Waals surface area contributed by atoms with Crippen molar-refractivity contribution in [3.05, 3.63) is 29.0 Å². The summed E-state index contributed by atoms with van der Waals surface area (Å²) in [7, 11) is 1.90. The Labute approximate surface area is 148 Å². The van der Waals surface area contributed by atoms with Gasteiger partial charge >= 0.3 is 0 Å². The van der Waals surface area contributed by atoms with Gasteiger partial charge in [0.15, 0.2) is 5.60 Å². The van der Waals surface area contributed by atoms with Crippen LogP contribution in [0.3, 0.4) is 0 Å². The third-order valence-corrected chi connectivity index (χ3v) is 5.56. The molecular weight excluding hydrogens is 326 g/mol. The Hall–Kier alpha value is -1.17. The predicted octanol–water partition coefficient (Wildman–Crippen LogP) is 2.32. The smallest absolute Gasteiger partial charge is 0.255 e. The summed E-state index contributed by atoms with van der Waals surface area (Å²) < 4.78 is 0. The van der Waals surface area contributed by atoms with Gasteiger partial charge in [-0.05, 0) is 44.7 Å². The van der Waals surface area contributed by atoms with E-state index in [0.29, 0.717) is 30.6 Å². The van der Waals surface area contributed by atoms with Gasteiger partial charge in [0.2, 0.25) is 0 Å². The average Bonchev–Trinajstić information content (AvgIpc) is 2.49. The van der Waals surface area contributed by atoms with Gasteiger partial charge < -0.3 is 10.0 Å². The maximum Gasteiger partial charge on any atom is 0.255 e. The number of carbonyl (C=O) groups is 1. The van der Waals surface area contributed by atoms with Gasteiger partial charge in [0, 0.05) is 37.9 Å². The zero-order valence-electron chi connectivity index (χ0n) is 14.2. The first kappa shape index (κ1) is 17.6. The lowest BCUT2D eigenvalue weighted by atomic mass is 9.83. The Balaban J connectivity index is 1.61. The zero-order chi connectivity index (χ0) is 17.2. The molecule has 5 nitrogen and oxygen atoms in total. The molecule has 1 saturated carbocycles. The number of halogens is 1. The number of nitrogens with zero attached hydrogens (tertiary/aromatic N) is 3. The number of hydrogen-bond donors (Lipinski definition) is 1. The molecule has 132 valence electrons. The highest BCUT2D eigenvalue weighted by Crippen LogP contribution is 2.31. The number of rotatable bonds is 6.